The van der Waals surface area contributed by atoms with E-state index < -0.39 is 4.92 Å². The van der Waals surface area contributed by atoms with Crippen LogP contribution in [-0.2, 0) is 0 Å². The van der Waals surface area contributed by atoms with Crippen molar-refractivity contribution in [2.45, 2.75) is 26.3 Å². The molecule has 3 aromatic rings. The van der Waals surface area contributed by atoms with Gasteiger partial charge < -0.3 is 10.3 Å². The number of nitro groups is 1. The summed E-state index contributed by atoms with van der Waals surface area (Å²) in [6, 6.07) is 14.0. The maximum atomic E-state index is 11.5. The van der Waals surface area contributed by atoms with Gasteiger partial charge in [-0.25, -0.2) is 4.98 Å². The van der Waals surface area contributed by atoms with E-state index >= 15 is 0 Å². The number of ketones is 1. The van der Waals surface area contributed by atoms with Gasteiger partial charge >= 0.3 is 0 Å². The minimum absolute atomic E-state index is 0.129. The van der Waals surface area contributed by atoms with E-state index in [1.807, 2.05) is 37.3 Å². The lowest BCUT2D eigenvalue weighted by Crippen LogP contribution is -2.13. The molecule has 0 aliphatic heterocycles. The molecule has 2 aromatic carbocycles. The van der Waals surface area contributed by atoms with Crippen LogP contribution in [0.15, 0.2) is 54.7 Å². The highest BCUT2D eigenvalue weighted by atomic mass is 16.6. The SMILES string of the molecule is CCC(Nc1ccc(C(C)=O)cc1[N+](=O)[O-])c1ncc(-c2ccccc2)[nH]1. The van der Waals surface area contributed by atoms with Gasteiger partial charge in [0, 0.05) is 11.6 Å². The number of nitrogens with zero attached hydrogens (tertiary/aromatic N) is 2. The summed E-state index contributed by atoms with van der Waals surface area (Å²) in [4.78, 5) is 30.2. The molecule has 1 atom stereocenters. The standard InChI is InChI=1S/C20H20N4O3/c1-3-16(20-21-12-18(23-20)14-7-5-4-6-8-14)22-17-10-9-15(13(2)25)11-19(17)24(26)27/h4-12,16,22H,3H2,1-2H3,(H,21,23). The lowest BCUT2D eigenvalue weighted by atomic mass is 10.1. The number of aromatic amines is 1. The normalized spacial score (nSPS) is 11.8. The van der Waals surface area contributed by atoms with Crippen LogP contribution in [0.3, 0.4) is 0 Å². The van der Waals surface area contributed by atoms with Crippen LogP contribution in [0.25, 0.3) is 11.3 Å². The number of H-pyrrole nitrogens is 1. The van der Waals surface area contributed by atoms with E-state index in [9.17, 15) is 14.9 Å². The van der Waals surface area contributed by atoms with Crippen LogP contribution in [0.1, 0.15) is 42.5 Å². The summed E-state index contributed by atoms with van der Waals surface area (Å²) >= 11 is 0. The summed E-state index contributed by atoms with van der Waals surface area (Å²) < 4.78 is 0. The van der Waals surface area contributed by atoms with E-state index in [1.165, 1.54) is 13.0 Å². The van der Waals surface area contributed by atoms with Crippen molar-refractivity contribution in [1.82, 2.24) is 9.97 Å². The number of rotatable bonds is 7. The van der Waals surface area contributed by atoms with Crippen molar-refractivity contribution >= 4 is 17.2 Å². The predicted octanol–water partition coefficient (Wildman–Crippen LogP) is 4.75. The van der Waals surface area contributed by atoms with E-state index in [-0.39, 0.29) is 17.5 Å². The Bertz CT molecular complexity index is 966. The fourth-order valence-electron chi connectivity index (χ4n) is 2.85. The van der Waals surface area contributed by atoms with Gasteiger partial charge in [-0.1, -0.05) is 37.3 Å². The molecule has 0 aliphatic carbocycles. The number of benzene rings is 2. The molecular formula is C20H20N4O3. The first-order chi connectivity index (χ1) is 13.0. The Kier molecular flexibility index (Phi) is 5.30. The number of aromatic nitrogens is 2. The van der Waals surface area contributed by atoms with Crippen LogP contribution in [0, 0.1) is 10.1 Å². The summed E-state index contributed by atoms with van der Waals surface area (Å²) in [5.74, 6) is 0.483. The second-order valence-electron chi connectivity index (χ2n) is 6.20. The molecule has 2 N–H and O–H groups in total. The summed E-state index contributed by atoms with van der Waals surface area (Å²) in [6.45, 7) is 3.35. The molecule has 7 heteroatoms. The second kappa shape index (κ2) is 7.82. The van der Waals surface area contributed by atoms with Gasteiger partial charge in [0.25, 0.3) is 5.69 Å². The monoisotopic (exact) mass is 364 g/mol. The van der Waals surface area contributed by atoms with Crippen molar-refractivity contribution in [3.8, 4) is 11.3 Å². The number of anilines is 1. The van der Waals surface area contributed by atoms with Crippen LogP contribution < -0.4 is 5.32 Å². The molecule has 0 amide bonds. The van der Waals surface area contributed by atoms with Gasteiger partial charge in [-0.3, -0.25) is 14.9 Å². The Balaban J connectivity index is 1.89. The Labute approximate surface area is 156 Å². The topological polar surface area (TPSA) is 101 Å². The van der Waals surface area contributed by atoms with E-state index in [2.05, 4.69) is 15.3 Å². The van der Waals surface area contributed by atoms with E-state index in [4.69, 9.17) is 0 Å². The lowest BCUT2D eigenvalue weighted by molar-refractivity contribution is -0.384. The third-order valence-electron chi connectivity index (χ3n) is 4.35. The van der Waals surface area contributed by atoms with E-state index in [1.54, 1.807) is 18.3 Å². The van der Waals surface area contributed by atoms with Gasteiger partial charge in [0.1, 0.15) is 11.5 Å². The zero-order valence-corrected chi connectivity index (χ0v) is 15.1. The Morgan fingerprint density at radius 1 is 1.26 bits per heavy atom. The van der Waals surface area contributed by atoms with Gasteiger partial charge in [-0.2, -0.15) is 0 Å². The van der Waals surface area contributed by atoms with E-state index in [0.717, 1.165) is 11.3 Å². The minimum atomic E-state index is -0.487. The van der Waals surface area contributed by atoms with Gasteiger partial charge in [0.15, 0.2) is 5.78 Å². The molecule has 0 bridgehead atoms. The molecule has 1 heterocycles. The molecule has 0 saturated heterocycles. The Morgan fingerprint density at radius 2 is 2.00 bits per heavy atom. The third kappa shape index (κ3) is 4.03. The summed E-state index contributed by atoms with van der Waals surface area (Å²) in [6.07, 6.45) is 2.43. The van der Waals surface area contributed by atoms with Crippen LogP contribution in [0.5, 0.6) is 0 Å². The first kappa shape index (κ1) is 18.3. The van der Waals surface area contributed by atoms with Crippen molar-refractivity contribution in [3.63, 3.8) is 0 Å². The molecule has 1 unspecified atom stereocenters. The number of carbonyl (C=O) groups is 1. The molecule has 27 heavy (non-hydrogen) atoms. The molecule has 1 aromatic heterocycles. The second-order valence-corrected chi connectivity index (χ2v) is 6.20. The number of nitro benzene ring substituents is 1. The van der Waals surface area contributed by atoms with Crippen LogP contribution in [0.4, 0.5) is 11.4 Å². The molecule has 138 valence electrons. The Hall–Kier alpha value is -3.48. The number of carbonyl (C=O) groups excluding carboxylic acids is 1. The van der Waals surface area contributed by atoms with Crippen molar-refractivity contribution < 1.29 is 9.72 Å². The molecule has 0 fully saturated rings. The van der Waals surface area contributed by atoms with Crippen LogP contribution in [0.2, 0.25) is 0 Å². The van der Waals surface area contributed by atoms with Gasteiger partial charge in [-0.05, 0) is 31.0 Å². The maximum Gasteiger partial charge on any atom is 0.293 e. The predicted molar refractivity (Wildman–Crippen MR) is 104 cm³/mol. The van der Waals surface area contributed by atoms with Crippen LogP contribution >= 0.6 is 0 Å². The van der Waals surface area contributed by atoms with Gasteiger partial charge in [0.05, 0.1) is 22.9 Å². The van der Waals surface area contributed by atoms with Crippen molar-refractivity contribution in [1.29, 1.82) is 0 Å². The van der Waals surface area contributed by atoms with E-state index in [0.29, 0.717) is 23.5 Å². The molecule has 7 nitrogen and oxygen atoms in total. The summed E-state index contributed by atoms with van der Waals surface area (Å²) in [5.41, 5.74) is 2.44. The highest BCUT2D eigenvalue weighted by Crippen LogP contribution is 2.30. The fraction of sp³-hybridized carbons (Fsp3) is 0.200. The third-order valence-corrected chi connectivity index (χ3v) is 4.35. The Morgan fingerprint density at radius 3 is 2.63 bits per heavy atom. The average molecular weight is 364 g/mol. The quantitative estimate of drug-likeness (QED) is 0.358. The average Bonchev–Trinajstić information content (AvgIpc) is 3.16. The first-order valence-electron chi connectivity index (χ1n) is 8.65. The highest BCUT2D eigenvalue weighted by Gasteiger charge is 2.21. The molecule has 0 saturated carbocycles. The largest absolute Gasteiger partial charge is 0.370 e. The number of hydrogen-bond donors (Lipinski definition) is 2. The molecule has 0 aliphatic rings. The van der Waals surface area contributed by atoms with Crippen LogP contribution in [-0.4, -0.2) is 20.7 Å². The molecule has 3 rings (SSSR count). The molecule has 0 radical (unpaired) electrons. The van der Waals surface area contributed by atoms with Gasteiger partial charge in [0.2, 0.25) is 0 Å². The number of nitrogens with one attached hydrogen (secondary N) is 2. The number of imidazole rings is 1. The summed E-state index contributed by atoms with van der Waals surface area (Å²) in [5, 5.41) is 14.6. The summed E-state index contributed by atoms with van der Waals surface area (Å²) in [7, 11) is 0. The highest BCUT2D eigenvalue weighted by molar-refractivity contribution is 5.95. The van der Waals surface area contributed by atoms with Crippen molar-refractivity contribution in [2.24, 2.45) is 0 Å². The smallest absolute Gasteiger partial charge is 0.293 e. The maximum absolute atomic E-state index is 11.5. The lowest BCUT2D eigenvalue weighted by Gasteiger charge is -2.16. The zero-order valence-electron chi connectivity index (χ0n) is 15.1. The molecular weight excluding hydrogens is 344 g/mol. The first-order valence-corrected chi connectivity index (χ1v) is 8.65. The zero-order chi connectivity index (χ0) is 19.4. The van der Waals surface area contributed by atoms with Crippen molar-refractivity contribution in [2.75, 3.05) is 5.32 Å². The molecule has 0 spiro atoms. The fourth-order valence-corrected chi connectivity index (χ4v) is 2.85. The van der Waals surface area contributed by atoms with Crippen molar-refractivity contribution in [3.05, 3.63) is 76.2 Å². The number of hydrogen-bond acceptors (Lipinski definition) is 5. The minimum Gasteiger partial charge on any atom is -0.370 e. The van der Waals surface area contributed by atoms with Gasteiger partial charge in [-0.15, -0.1) is 0 Å². The number of Topliss-reactive ketones (excluding diaryl/α,β-unsaturated/α-hetero) is 1.